The van der Waals surface area contributed by atoms with E-state index in [1.54, 1.807) is 10.5 Å². The minimum absolute atomic E-state index is 0.143. The van der Waals surface area contributed by atoms with Crippen molar-refractivity contribution in [2.24, 2.45) is 0 Å². The molecule has 2 saturated heterocycles. The molecular formula is C22H31N3O4S2. The number of nitrogens with zero attached hydrogens (tertiary/aromatic N) is 3. The quantitative estimate of drug-likeness (QED) is 0.530. The third-order valence-corrected chi connectivity index (χ3v) is 8.66. The van der Waals surface area contributed by atoms with Crippen LogP contribution in [-0.4, -0.2) is 73.3 Å². The van der Waals surface area contributed by atoms with E-state index >= 15 is 0 Å². The maximum Gasteiger partial charge on any atom is 0.273 e. The average molecular weight is 466 g/mol. The molecule has 0 atom stereocenters. The first-order valence-corrected chi connectivity index (χ1v) is 13.5. The highest BCUT2D eigenvalue weighted by molar-refractivity contribution is 7.89. The summed E-state index contributed by atoms with van der Waals surface area (Å²) in [7, 11) is -3.22. The fourth-order valence-corrected chi connectivity index (χ4v) is 6.39. The van der Waals surface area contributed by atoms with E-state index < -0.39 is 10.0 Å². The van der Waals surface area contributed by atoms with E-state index in [0.717, 1.165) is 49.7 Å². The largest absolute Gasteiger partial charge is 0.494 e. The molecular weight excluding hydrogens is 434 g/mol. The lowest BCUT2D eigenvalue weighted by molar-refractivity contribution is 0.0584. The highest BCUT2D eigenvalue weighted by Crippen LogP contribution is 2.25. The number of benzene rings is 1. The summed E-state index contributed by atoms with van der Waals surface area (Å²) in [5.41, 5.74) is 0. The Kier molecular flexibility index (Phi) is 7.81. The Hall–Kier alpha value is -1.68. The molecule has 1 aromatic heterocycles. The third kappa shape index (κ3) is 6.41. The van der Waals surface area contributed by atoms with Crippen molar-refractivity contribution in [1.29, 1.82) is 0 Å². The molecule has 2 aliphatic rings. The van der Waals surface area contributed by atoms with Gasteiger partial charge in [0.25, 0.3) is 5.19 Å². The van der Waals surface area contributed by atoms with Crippen molar-refractivity contribution in [2.45, 2.75) is 44.2 Å². The maximum absolute atomic E-state index is 12.7. The Morgan fingerprint density at radius 1 is 1.03 bits per heavy atom. The number of aromatic nitrogens is 1. The highest BCUT2D eigenvalue weighted by Gasteiger charge is 2.32. The molecule has 0 amide bonds. The Morgan fingerprint density at radius 2 is 1.77 bits per heavy atom. The van der Waals surface area contributed by atoms with Crippen LogP contribution in [0.5, 0.6) is 10.9 Å². The summed E-state index contributed by atoms with van der Waals surface area (Å²) in [6.45, 7) is 3.65. The molecule has 0 aliphatic carbocycles. The van der Waals surface area contributed by atoms with E-state index in [9.17, 15) is 8.42 Å². The number of piperidine rings is 2. The Labute approximate surface area is 189 Å². The fraction of sp³-hybridized carbons (Fsp3) is 0.591. The summed E-state index contributed by atoms with van der Waals surface area (Å²) in [5.74, 6) is 0.922. The molecule has 0 unspecified atom stereocenters. The van der Waals surface area contributed by atoms with Gasteiger partial charge in [-0.05, 0) is 44.2 Å². The van der Waals surface area contributed by atoms with Gasteiger partial charge >= 0.3 is 0 Å². The number of likely N-dealkylation sites (tertiary alicyclic amines) is 1. The van der Waals surface area contributed by atoms with Crippen LogP contribution >= 0.6 is 11.3 Å². The van der Waals surface area contributed by atoms with Crippen molar-refractivity contribution in [2.75, 3.05) is 38.5 Å². The van der Waals surface area contributed by atoms with Crippen molar-refractivity contribution in [3.63, 3.8) is 0 Å². The summed E-state index contributed by atoms with van der Waals surface area (Å²) in [6, 6.07) is 9.98. The van der Waals surface area contributed by atoms with Crippen molar-refractivity contribution in [3.8, 4) is 10.9 Å². The first kappa shape index (κ1) is 22.5. The van der Waals surface area contributed by atoms with E-state index in [0.29, 0.717) is 32.2 Å². The van der Waals surface area contributed by atoms with Gasteiger partial charge in [0, 0.05) is 43.8 Å². The van der Waals surface area contributed by atoms with Crippen molar-refractivity contribution >= 4 is 21.4 Å². The summed E-state index contributed by atoms with van der Waals surface area (Å²) in [4.78, 5) is 6.72. The van der Waals surface area contributed by atoms with Gasteiger partial charge in [-0.1, -0.05) is 29.5 Å². The number of thiazole rings is 1. The zero-order valence-electron chi connectivity index (χ0n) is 17.8. The number of hydrogen-bond donors (Lipinski definition) is 0. The third-order valence-electron chi connectivity index (χ3n) is 6.05. The lowest BCUT2D eigenvalue weighted by Crippen LogP contribution is -2.50. The molecule has 0 radical (unpaired) electrons. The Balaban J connectivity index is 1.15. The summed E-state index contributed by atoms with van der Waals surface area (Å²) >= 11 is 1.54. The Bertz CT molecular complexity index is 877. The van der Waals surface area contributed by atoms with Gasteiger partial charge in [-0.25, -0.2) is 17.7 Å². The van der Waals surface area contributed by atoms with Gasteiger partial charge in [-0.3, -0.25) is 0 Å². The molecule has 0 saturated carbocycles. The van der Waals surface area contributed by atoms with E-state index in [2.05, 4.69) is 9.88 Å². The second-order valence-electron chi connectivity index (χ2n) is 8.11. The Morgan fingerprint density at radius 3 is 2.45 bits per heavy atom. The number of para-hydroxylation sites is 1. The summed E-state index contributed by atoms with van der Waals surface area (Å²) in [5, 5.41) is 2.69. The van der Waals surface area contributed by atoms with Gasteiger partial charge in [0.2, 0.25) is 10.0 Å². The number of sulfonamides is 1. The van der Waals surface area contributed by atoms with Crippen LogP contribution in [-0.2, 0) is 10.0 Å². The first-order chi connectivity index (χ1) is 15.1. The molecule has 0 N–H and O–H groups in total. The second kappa shape index (κ2) is 10.8. The number of hydrogen-bond acceptors (Lipinski definition) is 7. The van der Waals surface area contributed by atoms with Crippen LogP contribution in [0.25, 0.3) is 0 Å². The zero-order chi connectivity index (χ0) is 21.5. The van der Waals surface area contributed by atoms with Gasteiger partial charge in [0.15, 0.2) is 0 Å². The predicted octanol–water partition coefficient (Wildman–Crippen LogP) is 3.25. The normalized spacial score (nSPS) is 20.0. The number of rotatable bonds is 9. The van der Waals surface area contributed by atoms with Gasteiger partial charge in [-0.15, -0.1) is 0 Å². The van der Waals surface area contributed by atoms with Crippen molar-refractivity contribution in [3.05, 3.63) is 41.9 Å². The molecule has 1 aromatic carbocycles. The smallest absolute Gasteiger partial charge is 0.273 e. The minimum atomic E-state index is -3.22. The van der Waals surface area contributed by atoms with Crippen LogP contribution in [0.15, 0.2) is 41.9 Å². The molecule has 7 nitrogen and oxygen atoms in total. The van der Waals surface area contributed by atoms with Crippen LogP contribution in [0.3, 0.4) is 0 Å². The molecule has 2 fully saturated rings. The maximum atomic E-state index is 12.7. The lowest BCUT2D eigenvalue weighted by Gasteiger charge is -2.41. The van der Waals surface area contributed by atoms with Gasteiger partial charge in [-0.2, -0.15) is 0 Å². The van der Waals surface area contributed by atoms with Crippen LogP contribution in [0.2, 0.25) is 0 Å². The van der Waals surface area contributed by atoms with Crippen molar-refractivity contribution in [1.82, 2.24) is 14.2 Å². The van der Waals surface area contributed by atoms with E-state index in [1.807, 2.05) is 35.7 Å². The zero-order valence-corrected chi connectivity index (χ0v) is 19.4. The molecule has 2 aliphatic heterocycles. The SMILES string of the molecule is O=S(=O)(CCCOc1ccccc1)N1CCC(N2CCC(Oc3nccs3)CC2)CC1. The molecule has 0 bridgehead atoms. The summed E-state index contributed by atoms with van der Waals surface area (Å²) < 4.78 is 38.7. The van der Waals surface area contributed by atoms with Crippen LogP contribution < -0.4 is 9.47 Å². The first-order valence-electron chi connectivity index (χ1n) is 11.1. The molecule has 170 valence electrons. The van der Waals surface area contributed by atoms with Crippen LogP contribution in [0, 0.1) is 0 Å². The standard InChI is InChI=1S/C22H31N3O4S2/c26-31(27,18-4-16-28-20-5-2-1-3-6-20)25-14-7-19(8-15-25)24-12-9-21(10-13-24)29-22-23-11-17-30-22/h1-3,5-6,11,17,19,21H,4,7-10,12-16,18H2. The van der Waals surface area contributed by atoms with E-state index in [-0.39, 0.29) is 11.9 Å². The van der Waals surface area contributed by atoms with Crippen LogP contribution in [0.1, 0.15) is 32.1 Å². The molecule has 3 heterocycles. The topological polar surface area (TPSA) is 72.0 Å². The second-order valence-corrected chi connectivity index (χ2v) is 11.1. The molecule has 4 rings (SSSR count). The predicted molar refractivity (Wildman–Crippen MR) is 122 cm³/mol. The minimum Gasteiger partial charge on any atom is -0.494 e. The van der Waals surface area contributed by atoms with Gasteiger partial charge in [0.05, 0.1) is 12.4 Å². The van der Waals surface area contributed by atoms with E-state index in [4.69, 9.17) is 9.47 Å². The lowest BCUT2D eigenvalue weighted by atomic mass is 10.00. The molecule has 31 heavy (non-hydrogen) atoms. The highest BCUT2D eigenvalue weighted by atomic mass is 32.2. The number of ether oxygens (including phenoxy) is 2. The van der Waals surface area contributed by atoms with Gasteiger partial charge < -0.3 is 14.4 Å². The molecule has 0 spiro atoms. The summed E-state index contributed by atoms with van der Waals surface area (Å²) in [6.07, 6.45) is 6.31. The average Bonchev–Trinajstić information content (AvgIpc) is 3.31. The van der Waals surface area contributed by atoms with Crippen LogP contribution in [0.4, 0.5) is 0 Å². The van der Waals surface area contributed by atoms with Crippen molar-refractivity contribution < 1.29 is 17.9 Å². The molecule has 2 aromatic rings. The fourth-order valence-electron chi connectivity index (χ4n) is 4.33. The van der Waals surface area contributed by atoms with E-state index in [1.165, 1.54) is 11.3 Å². The molecule has 9 heteroatoms. The van der Waals surface area contributed by atoms with Gasteiger partial charge in [0.1, 0.15) is 11.9 Å². The monoisotopic (exact) mass is 465 g/mol.